The number of aliphatic hydroxyl groups is 1. The predicted octanol–water partition coefficient (Wildman–Crippen LogP) is 2.18. The van der Waals surface area contributed by atoms with Crippen LogP contribution >= 0.6 is 0 Å². The summed E-state index contributed by atoms with van der Waals surface area (Å²) in [5.41, 5.74) is 1.98. The molecule has 2 aromatic carbocycles. The SMILES string of the molecule is C[N+]1(CCCOc2cccc3c2CCCC3)CCC(OC(=O)[C@](O)(c2ccccc2)C2CCCC2)C1.[Br-]. The number of carbonyl (C=O) groups excluding carboxylic acids is 1. The first kappa shape index (κ1) is 28.1. The van der Waals surface area contributed by atoms with Crippen LogP contribution in [0.5, 0.6) is 5.75 Å². The summed E-state index contributed by atoms with van der Waals surface area (Å²) in [4.78, 5) is 13.5. The number of fused-ring (bicyclic) bond motifs is 1. The molecule has 2 aromatic rings. The van der Waals surface area contributed by atoms with Crippen LogP contribution in [0.3, 0.4) is 0 Å². The first-order valence-electron chi connectivity index (χ1n) is 14.0. The van der Waals surface area contributed by atoms with Gasteiger partial charge in [-0.15, -0.1) is 0 Å². The highest BCUT2D eigenvalue weighted by molar-refractivity contribution is 5.81. The number of ether oxygens (including phenoxy) is 2. The maximum absolute atomic E-state index is 13.5. The molecule has 3 aliphatic rings. The highest BCUT2D eigenvalue weighted by Crippen LogP contribution is 2.42. The van der Waals surface area contributed by atoms with Crippen molar-refractivity contribution in [3.05, 3.63) is 65.2 Å². The van der Waals surface area contributed by atoms with E-state index in [0.29, 0.717) is 12.2 Å². The maximum atomic E-state index is 13.5. The molecule has 1 N–H and O–H groups in total. The van der Waals surface area contributed by atoms with E-state index in [2.05, 4.69) is 25.2 Å². The lowest BCUT2D eigenvalue weighted by molar-refractivity contribution is -0.899. The Morgan fingerprint density at radius 1 is 1.00 bits per heavy atom. The van der Waals surface area contributed by atoms with E-state index in [1.54, 1.807) is 0 Å². The fourth-order valence-electron chi connectivity index (χ4n) is 6.74. The van der Waals surface area contributed by atoms with Crippen LogP contribution in [0.2, 0.25) is 0 Å². The Bertz CT molecular complexity index is 1040. The number of hydrogen-bond donors (Lipinski definition) is 1. The molecule has 0 radical (unpaired) electrons. The van der Waals surface area contributed by atoms with Gasteiger partial charge in [-0.1, -0.05) is 55.3 Å². The van der Waals surface area contributed by atoms with Gasteiger partial charge in [-0.3, -0.25) is 0 Å². The fraction of sp³-hybridized carbons (Fsp3) is 0.581. The Labute approximate surface area is 232 Å². The van der Waals surface area contributed by atoms with Crippen LogP contribution in [-0.2, 0) is 28.0 Å². The molecule has 0 aromatic heterocycles. The summed E-state index contributed by atoms with van der Waals surface area (Å²) < 4.78 is 13.1. The summed E-state index contributed by atoms with van der Waals surface area (Å²) in [7, 11) is 2.25. The molecule has 5 nitrogen and oxygen atoms in total. The summed E-state index contributed by atoms with van der Waals surface area (Å²) in [5, 5.41) is 11.7. The van der Waals surface area contributed by atoms with Gasteiger partial charge in [-0.2, -0.15) is 0 Å². The second kappa shape index (κ2) is 12.3. The van der Waals surface area contributed by atoms with E-state index in [1.807, 2.05) is 30.3 Å². The van der Waals surface area contributed by atoms with E-state index < -0.39 is 11.6 Å². The zero-order chi connectivity index (χ0) is 25.0. The first-order chi connectivity index (χ1) is 17.5. The molecule has 3 atom stereocenters. The topological polar surface area (TPSA) is 55.8 Å². The van der Waals surface area contributed by atoms with E-state index in [1.165, 1.54) is 30.4 Å². The molecule has 1 saturated carbocycles. The van der Waals surface area contributed by atoms with Crippen LogP contribution in [0, 0.1) is 5.92 Å². The van der Waals surface area contributed by atoms with Crippen LogP contribution in [0.25, 0.3) is 0 Å². The van der Waals surface area contributed by atoms with Gasteiger partial charge >= 0.3 is 5.97 Å². The molecule has 0 bridgehead atoms. The molecule has 2 unspecified atom stereocenters. The van der Waals surface area contributed by atoms with Crippen molar-refractivity contribution in [1.29, 1.82) is 0 Å². The van der Waals surface area contributed by atoms with Crippen LogP contribution in [0.4, 0.5) is 0 Å². The van der Waals surface area contributed by atoms with Gasteiger partial charge in [0.25, 0.3) is 0 Å². The second-order valence-electron chi connectivity index (χ2n) is 11.5. The van der Waals surface area contributed by atoms with E-state index >= 15 is 0 Å². The summed E-state index contributed by atoms with van der Waals surface area (Å²) in [6.45, 7) is 3.48. The van der Waals surface area contributed by atoms with Gasteiger partial charge in [-0.25, -0.2) is 4.79 Å². The number of benzene rings is 2. The van der Waals surface area contributed by atoms with Gasteiger partial charge in [0.2, 0.25) is 0 Å². The van der Waals surface area contributed by atoms with Crippen LogP contribution < -0.4 is 21.7 Å². The summed E-state index contributed by atoms with van der Waals surface area (Å²) in [5.74, 6) is 0.530. The minimum absolute atomic E-state index is 0. The van der Waals surface area contributed by atoms with Gasteiger partial charge in [0, 0.05) is 18.8 Å². The minimum Gasteiger partial charge on any atom is -1.00 e. The third-order valence-corrected chi connectivity index (χ3v) is 8.83. The molecule has 2 fully saturated rings. The van der Waals surface area contributed by atoms with Crippen molar-refractivity contribution in [3.8, 4) is 5.75 Å². The Morgan fingerprint density at radius 2 is 1.76 bits per heavy atom. The quantitative estimate of drug-likeness (QED) is 0.285. The molecule has 1 aliphatic heterocycles. The Morgan fingerprint density at radius 3 is 2.54 bits per heavy atom. The highest BCUT2D eigenvalue weighted by atomic mass is 79.9. The molecule has 2 aliphatic carbocycles. The van der Waals surface area contributed by atoms with Gasteiger partial charge in [0.1, 0.15) is 12.3 Å². The van der Waals surface area contributed by atoms with Gasteiger partial charge in [0.15, 0.2) is 11.7 Å². The van der Waals surface area contributed by atoms with E-state index in [4.69, 9.17) is 9.47 Å². The zero-order valence-corrected chi connectivity index (χ0v) is 23.8. The third kappa shape index (κ3) is 6.23. The maximum Gasteiger partial charge on any atom is 0.343 e. The van der Waals surface area contributed by atoms with Crippen molar-refractivity contribution in [2.24, 2.45) is 5.92 Å². The van der Waals surface area contributed by atoms with Crippen molar-refractivity contribution < 1.29 is 40.8 Å². The smallest absolute Gasteiger partial charge is 0.343 e. The minimum atomic E-state index is -1.55. The van der Waals surface area contributed by atoms with Crippen molar-refractivity contribution in [1.82, 2.24) is 0 Å². The number of quaternary nitrogens is 1. The lowest BCUT2D eigenvalue weighted by Crippen LogP contribution is -3.00. The molecular formula is C31H42BrNO4. The molecule has 0 spiro atoms. The number of hydrogen-bond acceptors (Lipinski definition) is 4. The molecule has 1 heterocycles. The monoisotopic (exact) mass is 571 g/mol. The van der Waals surface area contributed by atoms with E-state index in [-0.39, 0.29) is 29.0 Å². The largest absolute Gasteiger partial charge is 1.00 e. The molecule has 6 heteroatoms. The average Bonchev–Trinajstić information content (AvgIpc) is 3.58. The molecule has 37 heavy (non-hydrogen) atoms. The lowest BCUT2D eigenvalue weighted by Gasteiger charge is -2.33. The standard InChI is InChI=1S/C31H42NO4.BrH/c1-32(20-10-22-35-29-18-9-12-24-11-5-8-17-28(24)29)21-19-27(23-32)36-30(33)31(34,26-15-6-7-16-26)25-13-3-2-4-14-25;/h2-4,9,12-14,18,26-27,34H,5-8,10-11,15-17,19-23H2,1H3;1H/q+1;/p-1/t27?,31-,32?;/m0./s1. The molecule has 1 saturated heterocycles. The van der Waals surface area contributed by atoms with Crippen LogP contribution in [0.15, 0.2) is 48.5 Å². The van der Waals surface area contributed by atoms with Crippen molar-refractivity contribution in [2.45, 2.75) is 75.9 Å². The lowest BCUT2D eigenvalue weighted by atomic mass is 9.80. The zero-order valence-electron chi connectivity index (χ0n) is 22.2. The number of nitrogens with zero attached hydrogens (tertiary/aromatic N) is 1. The summed E-state index contributed by atoms with van der Waals surface area (Å²) in [6, 6.07) is 15.9. The normalized spacial score (nSPS) is 25.1. The Hall–Kier alpha value is -1.89. The number of likely N-dealkylation sites (N-methyl/N-ethyl adjacent to an activating group) is 1. The first-order valence-corrected chi connectivity index (χ1v) is 14.0. The number of aryl methyl sites for hydroxylation is 1. The molecule has 5 rings (SSSR count). The molecule has 0 amide bonds. The second-order valence-corrected chi connectivity index (χ2v) is 11.5. The summed E-state index contributed by atoms with van der Waals surface area (Å²) in [6.07, 6.45) is 10.3. The van der Waals surface area contributed by atoms with Gasteiger partial charge in [0.05, 0.1) is 26.7 Å². The van der Waals surface area contributed by atoms with Gasteiger partial charge < -0.3 is 36.0 Å². The number of esters is 1. The van der Waals surface area contributed by atoms with Crippen LogP contribution in [0.1, 0.15) is 68.1 Å². The summed E-state index contributed by atoms with van der Waals surface area (Å²) >= 11 is 0. The van der Waals surface area contributed by atoms with E-state index in [0.717, 1.165) is 74.8 Å². The number of halogens is 1. The molecule has 202 valence electrons. The number of rotatable bonds is 9. The fourth-order valence-corrected chi connectivity index (χ4v) is 6.74. The van der Waals surface area contributed by atoms with Crippen LogP contribution in [-0.4, -0.2) is 55.0 Å². The average molecular weight is 573 g/mol. The predicted molar refractivity (Wildman–Crippen MR) is 141 cm³/mol. The van der Waals surface area contributed by atoms with E-state index in [9.17, 15) is 9.90 Å². The molecular weight excluding hydrogens is 530 g/mol. The Kier molecular flexibility index (Phi) is 9.36. The Balaban J connectivity index is 0.00000320. The third-order valence-electron chi connectivity index (χ3n) is 8.83. The van der Waals surface area contributed by atoms with Gasteiger partial charge in [-0.05, 0) is 61.3 Å². The van der Waals surface area contributed by atoms with Crippen molar-refractivity contribution in [3.63, 3.8) is 0 Å². The van der Waals surface area contributed by atoms with Crippen molar-refractivity contribution in [2.75, 3.05) is 33.3 Å². The van der Waals surface area contributed by atoms with Crippen molar-refractivity contribution >= 4 is 5.97 Å². The highest BCUT2D eigenvalue weighted by Gasteiger charge is 2.49. The number of carbonyl (C=O) groups is 1. The number of likely N-dealkylation sites (tertiary alicyclic amines) is 1.